The van der Waals surface area contributed by atoms with Crippen LogP contribution in [0.2, 0.25) is 0 Å². The Hall–Kier alpha value is -3.61. The summed E-state index contributed by atoms with van der Waals surface area (Å²) in [5.41, 5.74) is 4.60. The maximum atomic E-state index is 12.6. The van der Waals surface area contributed by atoms with Gasteiger partial charge in [-0.2, -0.15) is 0 Å². The minimum atomic E-state index is -0.898. The highest BCUT2D eigenvalue weighted by Crippen LogP contribution is 2.44. The second kappa shape index (κ2) is 10.1. The summed E-state index contributed by atoms with van der Waals surface area (Å²) in [7, 11) is 0. The lowest BCUT2D eigenvalue weighted by atomic mass is 9.98. The van der Waals surface area contributed by atoms with Crippen molar-refractivity contribution in [3.63, 3.8) is 0 Å². The molecule has 0 spiro atoms. The van der Waals surface area contributed by atoms with Gasteiger partial charge >= 0.3 is 12.1 Å². The molecular formula is C27H30N2O5. The van der Waals surface area contributed by atoms with Gasteiger partial charge in [0.15, 0.2) is 0 Å². The van der Waals surface area contributed by atoms with Gasteiger partial charge < -0.3 is 20.5 Å². The number of carbonyl (C=O) groups is 3. The van der Waals surface area contributed by atoms with Gasteiger partial charge in [-0.3, -0.25) is 9.59 Å². The summed E-state index contributed by atoms with van der Waals surface area (Å²) >= 11 is 0. The molecular weight excluding hydrogens is 432 g/mol. The largest absolute Gasteiger partial charge is 0.481 e. The average molecular weight is 463 g/mol. The van der Waals surface area contributed by atoms with E-state index in [1.807, 2.05) is 38.1 Å². The molecule has 178 valence electrons. The number of rotatable bonds is 8. The van der Waals surface area contributed by atoms with Crippen molar-refractivity contribution < 1.29 is 24.2 Å². The number of hydrogen-bond acceptors (Lipinski definition) is 4. The number of benzene rings is 2. The molecule has 0 saturated carbocycles. The maximum absolute atomic E-state index is 12.6. The van der Waals surface area contributed by atoms with E-state index in [0.29, 0.717) is 6.42 Å². The van der Waals surface area contributed by atoms with Crippen molar-refractivity contribution in [1.82, 2.24) is 10.6 Å². The van der Waals surface area contributed by atoms with E-state index in [1.54, 1.807) is 12.2 Å². The van der Waals surface area contributed by atoms with E-state index in [1.165, 1.54) is 0 Å². The fourth-order valence-electron chi connectivity index (χ4n) is 4.70. The third-order valence-electron chi connectivity index (χ3n) is 6.60. The van der Waals surface area contributed by atoms with Crippen LogP contribution in [0.15, 0.2) is 60.7 Å². The molecule has 2 aliphatic rings. The third-order valence-corrected chi connectivity index (χ3v) is 6.60. The van der Waals surface area contributed by atoms with Crippen LogP contribution in [0, 0.1) is 11.8 Å². The van der Waals surface area contributed by atoms with Crippen molar-refractivity contribution >= 4 is 18.0 Å². The number of ether oxygens (including phenoxy) is 1. The molecule has 0 bridgehead atoms. The molecule has 0 saturated heterocycles. The van der Waals surface area contributed by atoms with Crippen LogP contribution in [-0.2, 0) is 14.3 Å². The lowest BCUT2D eigenvalue weighted by Gasteiger charge is -2.23. The highest BCUT2D eigenvalue weighted by Gasteiger charge is 2.30. The van der Waals surface area contributed by atoms with Crippen LogP contribution in [0.3, 0.4) is 0 Å². The Bertz CT molecular complexity index is 1060. The molecule has 0 radical (unpaired) electrons. The average Bonchev–Trinajstić information content (AvgIpc) is 3.40. The number of fused-ring (bicyclic) bond motifs is 3. The predicted octanol–water partition coefficient (Wildman–Crippen LogP) is 4.09. The zero-order valence-corrected chi connectivity index (χ0v) is 19.4. The molecule has 4 rings (SSSR count). The van der Waals surface area contributed by atoms with Crippen LogP contribution in [0.25, 0.3) is 11.1 Å². The van der Waals surface area contributed by atoms with Gasteiger partial charge in [0.05, 0.1) is 5.92 Å². The third kappa shape index (κ3) is 5.14. The SMILES string of the molecule is CC(C)[C@@H](CC(=O)NC1C=CC(C(=O)O)C1)NC(=O)OCC1c2ccccc2-c2ccccc21. The zero-order chi connectivity index (χ0) is 24.2. The fourth-order valence-corrected chi connectivity index (χ4v) is 4.70. The first kappa shape index (κ1) is 23.5. The van der Waals surface area contributed by atoms with Crippen LogP contribution in [0.4, 0.5) is 4.79 Å². The standard InChI is InChI=1S/C27H30N2O5/c1-16(2)24(14-25(30)28-18-12-11-17(13-18)26(31)32)29-27(33)34-15-23-21-9-5-3-7-19(21)20-8-4-6-10-22(20)23/h3-12,16-18,23-24H,13-15H2,1-2H3,(H,28,30)(H,29,33)(H,31,32)/t17?,18?,24-/m1/s1. The van der Waals surface area contributed by atoms with Crippen molar-refractivity contribution in [1.29, 1.82) is 0 Å². The Balaban J connectivity index is 1.32. The first-order valence-electron chi connectivity index (χ1n) is 11.7. The van der Waals surface area contributed by atoms with Gasteiger partial charge in [-0.05, 0) is 34.6 Å². The second-order valence-corrected chi connectivity index (χ2v) is 9.26. The van der Waals surface area contributed by atoms with Crippen molar-refractivity contribution in [3.8, 4) is 11.1 Å². The highest BCUT2D eigenvalue weighted by atomic mass is 16.5. The summed E-state index contributed by atoms with van der Waals surface area (Å²) in [5.74, 6) is -1.74. The topological polar surface area (TPSA) is 105 Å². The Kier molecular flexibility index (Phi) is 7.01. The molecule has 2 aromatic carbocycles. The van der Waals surface area contributed by atoms with E-state index < -0.39 is 24.0 Å². The van der Waals surface area contributed by atoms with E-state index in [9.17, 15) is 14.4 Å². The number of amides is 2. The molecule has 7 heteroatoms. The van der Waals surface area contributed by atoms with Crippen molar-refractivity contribution in [2.24, 2.45) is 11.8 Å². The van der Waals surface area contributed by atoms with Gasteiger partial charge in [0.1, 0.15) is 6.61 Å². The molecule has 3 N–H and O–H groups in total. The van der Waals surface area contributed by atoms with Crippen molar-refractivity contribution in [2.75, 3.05) is 6.61 Å². The molecule has 3 atom stereocenters. The molecule has 2 unspecified atom stereocenters. The number of carboxylic acids is 1. The minimum absolute atomic E-state index is 0.0112. The first-order valence-corrected chi connectivity index (χ1v) is 11.7. The van der Waals surface area contributed by atoms with Crippen LogP contribution >= 0.6 is 0 Å². The maximum Gasteiger partial charge on any atom is 0.407 e. The number of carboxylic acid groups (broad SMARTS) is 1. The van der Waals surface area contributed by atoms with Gasteiger partial charge in [0, 0.05) is 24.4 Å². The number of carbonyl (C=O) groups excluding carboxylic acids is 2. The van der Waals surface area contributed by atoms with E-state index >= 15 is 0 Å². The summed E-state index contributed by atoms with van der Waals surface area (Å²) < 4.78 is 5.62. The monoisotopic (exact) mass is 462 g/mol. The van der Waals surface area contributed by atoms with Crippen molar-refractivity contribution in [2.45, 2.75) is 44.7 Å². The molecule has 0 heterocycles. The number of aliphatic carboxylic acids is 1. The zero-order valence-electron chi connectivity index (χ0n) is 19.4. The molecule has 2 amide bonds. The van der Waals surface area contributed by atoms with E-state index in [4.69, 9.17) is 9.84 Å². The highest BCUT2D eigenvalue weighted by molar-refractivity contribution is 5.80. The molecule has 2 aromatic rings. The van der Waals surface area contributed by atoms with Gasteiger partial charge in [-0.1, -0.05) is 74.5 Å². The van der Waals surface area contributed by atoms with Gasteiger partial charge in [0.2, 0.25) is 5.91 Å². The Morgan fingerprint density at radius 1 is 1.00 bits per heavy atom. The summed E-state index contributed by atoms with van der Waals surface area (Å²) in [4.78, 5) is 36.3. The van der Waals surface area contributed by atoms with Crippen LogP contribution in [0.5, 0.6) is 0 Å². The molecule has 2 aliphatic carbocycles. The summed E-state index contributed by atoms with van der Waals surface area (Å²) in [6.45, 7) is 4.07. The van der Waals surface area contributed by atoms with Crippen LogP contribution in [0.1, 0.15) is 43.7 Å². The van der Waals surface area contributed by atoms with Gasteiger partial charge in [-0.15, -0.1) is 0 Å². The molecule has 0 aliphatic heterocycles. The van der Waals surface area contributed by atoms with Crippen molar-refractivity contribution in [3.05, 3.63) is 71.8 Å². The smallest absolute Gasteiger partial charge is 0.407 e. The van der Waals surface area contributed by atoms with Crippen LogP contribution in [-0.4, -0.2) is 41.8 Å². The number of nitrogens with one attached hydrogen (secondary N) is 2. The first-order chi connectivity index (χ1) is 16.3. The van der Waals surface area contributed by atoms with E-state index in [-0.39, 0.29) is 36.8 Å². The Morgan fingerprint density at radius 3 is 2.18 bits per heavy atom. The molecule has 0 fully saturated rings. The Morgan fingerprint density at radius 2 is 1.62 bits per heavy atom. The van der Waals surface area contributed by atoms with Gasteiger partial charge in [-0.25, -0.2) is 4.79 Å². The molecule has 7 nitrogen and oxygen atoms in total. The van der Waals surface area contributed by atoms with Crippen LogP contribution < -0.4 is 10.6 Å². The van der Waals surface area contributed by atoms with E-state index in [0.717, 1.165) is 22.3 Å². The lowest BCUT2D eigenvalue weighted by molar-refractivity contribution is -0.140. The fraction of sp³-hybridized carbons (Fsp3) is 0.370. The summed E-state index contributed by atoms with van der Waals surface area (Å²) in [5, 5.41) is 14.8. The van der Waals surface area contributed by atoms with E-state index in [2.05, 4.69) is 34.9 Å². The normalized spacial score (nSPS) is 19.4. The summed E-state index contributed by atoms with van der Waals surface area (Å²) in [6.07, 6.45) is 3.18. The minimum Gasteiger partial charge on any atom is -0.481 e. The quantitative estimate of drug-likeness (QED) is 0.513. The second-order valence-electron chi connectivity index (χ2n) is 9.26. The summed E-state index contributed by atoms with van der Waals surface area (Å²) in [6, 6.07) is 15.6. The number of alkyl carbamates (subject to hydrolysis) is 1. The molecule has 34 heavy (non-hydrogen) atoms. The lowest BCUT2D eigenvalue weighted by Crippen LogP contribution is -2.44. The number of hydrogen-bond donors (Lipinski definition) is 3. The van der Waals surface area contributed by atoms with Gasteiger partial charge in [0.25, 0.3) is 0 Å². The molecule has 0 aromatic heterocycles. The Labute approximate surface area is 199 Å². The predicted molar refractivity (Wildman–Crippen MR) is 128 cm³/mol.